The maximum atomic E-state index is 9.33. The minimum atomic E-state index is -0.679. The maximum Gasteiger partial charge on any atom is 0.191 e. The monoisotopic (exact) mass is 400 g/mol. The van der Waals surface area contributed by atoms with Gasteiger partial charge in [0.1, 0.15) is 17.9 Å². The molecular weight excluding hydrogens is 376 g/mol. The first-order valence-corrected chi connectivity index (χ1v) is 10.1. The minimum Gasteiger partial charge on any atom is -0.396 e. The van der Waals surface area contributed by atoms with Crippen LogP contribution in [0.1, 0.15) is 33.6 Å². The molecule has 3 atom stereocenters. The summed E-state index contributed by atoms with van der Waals surface area (Å²) in [6.07, 6.45) is 3.16. The maximum absolute atomic E-state index is 9.33. The predicted molar refractivity (Wildman–Crippen MR) is 103 cm³/mol. The van der Waals surface area contributed by atoms with Crippen molar-refractivity contribution in [3.63, 3.8) is 0 Å². The van der Waals surface area contributed by atoms with Crippen molar-refractivity contribution in [3.05, 3.63) is 16.8 Å². The van der Waals surface area contributed by atoms with Crippen molar-refractivity contribution >= 4 is 34.9 Å². The predicted octanol–water partition coefficient (Wildman–Crippen LogP) is 2.84. The zero-order chi connectivity index (χ0) is 18.9. The quantitative estimate of drug-likeness (QED) is 0.278. The Kier molecular flexibility index (Phi) is 5.98. The molecule has 0 amide bonds. The normalized spacial score (nSPS) is 26.7. The summed E-state index contributed by atoms with van der Waals surface area (Å²) in [6.45, 7) is 5.92. The Morgan fingerprint density at radius 2 is 2.15 bits per heavy atom. The average molecular weight is 401 g/mol. The lowest BCUT2D eigenvalue weighted by Gasteiger charge is -2.22. The third-order valence-electron chi connectivity index (χ3n) is 4.26. The van der Waals surface area contributed by atoms with E-state index in [9.17, 15) is 5.11 Å². The summed E-state index contributed by atoms with van der Waals surface area (Å²) in [5, 5.41) is 13.5. The van der Waals surface area contributed by atoms with Crippen LogP contribution < -0.4 is 11.1 Å². The van der Waals surface area contributed by atoms with Crippen LogP contribution in [0.4, 0.5) is 11.5 Å². The number of hydrogen-bond donors (Lipinski definition) is 3. The number of ether oxygens (including phenoxy) is 2. The second-order valence-electron chi connectivity index (χ2n) is 6.81. The topological polar surface area (TPSA) is 103 Å². The van der Waals surface area contributed by atoms with Gasteiger partial charge < -0.3 is 25.6 Å². The molecule has 1 aromatic heterocycles. The first kappa shape index (κ1) is 19.7. The highest BCUT2D eigenvalue weighted by molar-refractivity contribution is 7.99. The highest BCUT2D eigenvalue weighted by Gasteiger charge is 2.49. The van der Waals surface area contributed by atoms with Gasteiger partial charge in [-0.1, -0.05) is 36.4 Å². The minimum absolute atomic E-state index is 0.0604. The fraction of sp³-hybridized carbons (Fsp3) is 0.647. The second-order valence-corrected chi connectivity index (χ2v) is 8.23. The molecule has 1 aliphatic carbocycles. The molecule has 2 aliphatic rings. The summed E-state index contributed by atoms with van der Waals surface area (Å²) < 4.78 is 12.1. The second kappa shape index (κ2) is 7.90. The average Bonchev–Trinajstić information content (AvgIpc) is 3.05. The van der Waals surface area contributed by atoms with E-state index in [1.165, 1.54) is 11.8 Å². The van der Waals surface area contributed by atoms with Crippen LogP contribution in [0.2, 0.25) is 5.15 Å². The van der Waals surface area contributed by atoms with Crippen LogP contribution in [-0.4, -0.2) is 51.5 Å². The summed E-state index contributed by atoms with van der Waals surface area (Å²) in [4.78, 5) is 8.74. The van der Waals surface area contributed by atoms with Gasteiger partial charge in [-0.15, -0.1) is 0 Å². The molecule has 3 rings (SSSR count). The van der Waals surface area contributed by atoms with E-state index in [0.717, 1.165) is 17.7 Å². The molecular formula is C17H25ClN4O3S. The number of anilines is 2. The van der Waals surface area contributed by atoms with Crippen molar-refractivity contribution in [1.29, 1.82) is 0 Å². The van der Waals surface area contributed by atoms with Crippen LogP contribution in [0, 0.1) is 0 Å². The molecule has 1 saturated heterocycles. The van der Waals surface area contributed by atoms with Crippen LogP contribution >= 0.6 is 23.4 Å². The van der Waals surface area contributed by atoms with E-state index in [4.69, 9.17) is 26.8 Å². The third kappa shape index (κ3) is 4.09. The van der Waals surface area contributed by atoms with Gasteiger partial charge in [-0.3, -0.25) is 0 Å². The molecule has 9 heteroatoms. The lowest BCUT2D eigenvalue weighted by atomic mass is 10.1. The number of nitrogens with one attached hydrogen (secondary N) is 1. The number of nitrogens with zero attached hydrogens (tertiary/aromatic N) is 2. The van der Waals surface area contributed by atoms with Gasteiger partial charge in [0.25, 0.3) is 0 Å². The molecule has 0 saturated carbocycles. The first-order chi connectivity index (χ1) is 12.3. The Hall–Kier alpha value is -1.06. The molecule has 144 valence electrons. The Bertz CT molecular complexity index is 701. The van der Waals surface area contributed by atoms with Gasteiger partial charge in [0.2, 0.25) is 0 Å². The van der Waals surface area contributed by atoms with Gasteiger partial charge in [-0.25, -0.2) is 9.97 Å². The highest BCUT2D eigenvalue weighted by Crippen LogP contribution is 2.41. The van der Waals surface area contributed by atoms with Crippen molar-refractivity contribution in [3.8, 4) is 0 Å². The van der Waals surface area contributed by atoms with E-state index in [0.29, 0.717) is 23.1 Å². The van der Waals surface area contributed by atoms with E-state index in [-0.39, 0.29) is 30.0 Å². The van der Waals surface area contributed by atoms with Crippen LogP contribution in [0.5, 0.6) is 0 Å². The van der Waals surface area contributed by atoms with Crippen LogP contribution in [0.3, 0.4) is 0 Å². The van der Waals surface area contributed by atoms with E-state index in [1.807, 2.05) is 19.9 Å². The number of fused-ring (bicyclic) bond motifs is 1. The summed E-state index contributed by atoms with van der Waals surface area (Å²) in [6, 6.07) is -0.180. The SMILES string of the molecule is CCCSc1nc(Cl)c(N)c(NC2C=C(CCO)C3OC(C)(C)OC23)n1. The zero-order valence-corrected chi connectivity index (χ0v) is 16.7. The number of thioether (sulfide) groups is 1. The molecule has 0 spiro atoms. The molecule has 0 aromatic carbocycles. The van der Waals surface area contributed by atoms with E-state index >= 15 is 0 Å². The molecule has 3 unspecified atom stereocenters. The molecule has 1 fully saturated rings. The summed E-state index contributed by atoms with van der Waals surface area (Å²) >= 11 is 7.72. The van der Waals surface area contributed by atoms with Crippen LogP contribution in [0.25, 0.3) is 0 Å². The third-order valence-corrected chi connectivity index (χ3v) is 5.60. The largest absolute Gasteiger partial charge is 0.396 e. The van der Waals surface area contributed by atoms with Crippen molar-refractivity contribution in [2.45, 2.75) is 62.8 Å². The van der Waals surface area contributed by atoms with Crippen LogP contribution in [-0.2, 0) is 9.47 Å². The van der Waals surface area contributed by atoms with Gasteiger partial charge in [-0.05, 0) is 32.3 Å². The Morgan fingerprint density at radius 1 is 1.38 bits per heavy atom. The van der Waals surface area contributed by atoms with Gasteiger partial charge in [0.05, 0.1) is 6.04 Å². The Labute approximate surface area is 162 Å². The molecule has 26 heavy (non-hydrogen) atoms. The highest BCUT2D eigenvalue weighted by atomic mass is 35.5. The van der Waals surface area contributed by atoms with Crippen molar-refractivity contribution in [1.82, 2.24) is 9.97 Å². The summed E-state index contributed by atoms with van der Waals surface area (Å²) in [5.41, 5.74) is 7.41. The lowest BCUT2D eigenvalue weighted by molar-refractivity contribution is -0.145. The lowest BCUT2D eigenvalue weighted by Crippen LogP contribution is -2.35. The van der Waals surface area contributed by atoms with Gasteiger partial charge >= 0.3 is 0 Å². The number of nitrogens with two attached hydrogens (primary N) is 1. The van der Waals surface area contributed by atoms with Gasteiger partial charge in [-0.2, -0.15) is 0 Å². The summed E-state index contributed by atoms with van der Waals surface area (Å²) in [5.74, 6) is 0.711. The van der Waals surface area contributed by atoms with Crippen molar-refractivity contribution in [2.75, 3.05) is 23.4 Å². The van der Waals surface area contributed by atoms with Crippen molar-refractivity contribution in [2.24, 2.45) is 0 Å². The van der Waals surface area contributed by atoms with Gasteiger partial charge in [0.15, 0.2) is 21.9 Å². The molecule has 2 heterocycles. The smallest absolute Gasteiger partial charge is 0.191 e. The molecule has 4 N–H and O–H groups in total. The number of aliphatic hydroxyl groups is 1. The zero-order valence-electron chi connectivity index (χ0n) is 15.2. The van der Waals surface area contributed by atoms with E-state index < -0.39 is 5.79 Å². The number of hydrogen-bond acceptors (Lipinski definition) is 8. The van der Waals surface area contributed by atoms with Gasteiger partial charge in [0, 0.05) is 12.4 Å². The molecule has 1 aromatic rings. The fourth-order valence-electron chi connectivity index (χ4n) is 3.19. The number of aliphatic hydroxyl groups excluding tert-OH is 1. The fourth-order valence-corrected chi connectivity index (χ4v) is 4.10. The molecule has 1 aliphatic heterocycles. The van der Waals surface area contributed by atoms with Crippen molar-refractivity contribution < 1.29 is 14.6 Å². The molecule has 0 bridgehead atoms. The number of nitrogen functional groups attached to an aromatic ring is 1. The first-order valence-electron chi connectivity index (χ1n) is 8.74. The number of aromatic nitrogens is 2. The van der Waals surface area contributed by atoms with E-state index in [2.05, 4.69) is 22.2 Å². The number of halogens is 1. The molecule has 0 radical (unpaired) electrons. The van der Waals surface area contributed by atoms with E-state index in [1.54, 1.807) is 0 Å². The Balaban J connectivity index is 1.84. The summed E-state index contributed by atoms with van der Waals surface area (Å²) in [7, 11) is 0. The molecule has 7 nitrogen and oxygen atoms in total. The van der Waals surface area contributed by atoms with Crippen LogP contribution in [0.15, 0.2) is 16.8 Å². The number of rotatable bonds is 7. The standard InChI is InChI=1S/C17H25ClN4O3S/c1-4-7-26-16-21-14(18)11(19)15(22-16)20-10-8-9(5-6-23)12-13(10)25-17(2,3)24-12/h8,10,12-13,23H,4-7,19H2,1-3H3,(H,20,21,22). The Morgan fingerprint density at radius 3 is 2.85 bits per heavy atom.